The number of hydrogen-bond donors (Lipinski definition) is 1. The van der Waals surface area contributed by atoms with Crippen LogP contribution in [-0.2, 0) is 17.7 Å². The maximum absolute atomic E-state index is 11.1. The van der Waals surface area contributed by atoms with Crippen molar-refractivity contribution in [3.05, 3.63) is 72.4 Å². The number of likely N-dealkylation sites (N-methyl/N-ethyl adjacent to an activating group) is 2. The summed E-state index contributed by atoms with van der Waals surface area (Å²) in [4.78, 5) is 9.25. The number of fused-ring (bicyclic) bond motifs is 1. The molecule has 36 heavy (non-hydrogen) atoms. The molecule has 1 aliphatic rings. The van der Waals surface area contributed by atoms with Crippen LogP contribution in [-0.4, -0.2) is 79.4 Å². The Bertz CT molecular complexity index is 1350. The Morgan fingerprint density at radius 1 is 1.06 bits per heavy atom. The molecule has 1 unspecified atom stereocenters. The van der Waals surface area contributed by atoms with Crippen LogP contribution in [0, 0.1) is 0 Å². The van der Waals surface area contributed by atoms with E-state index in [9.17, 15) is 8.76 Å². The molecule has 5 rings (SSSR count). The fraction of sp³-hybridized carbons (Fsp3) is 0.308. The lowest BCUT2D eigenvalue weighted by Gasteiger charge is -2.34. The molecule has 0 bridgehead atoms. The Labute approximate surface area is 213 Å². The number of anilines is 3. The van der Waals surface area contributed by atoms with E-state index in [4.69, 9.17) is 5.10 Å². The fourth-order valence-electron chi connectivity index (χ4n) is 4.37. The van der Waals surface area contributed by atoms with E-state index in [1.165, 1.54) is 9.99 Å². The lowest BCUT2D eigenvalue weighted by atomic mass is 10.1. The molecule has 1 aliphatic heterocycles. The van der Waals surface area contributed by atoms with Gasteiger partial charge in [0.1, 0.15) is 0 Å². The van der Waals surface area contributed by atoms with Gasteiger partial charge in [0, 0.05) is 60.9 Å². The molecular weight excluding hydrogens is 474 g/mol. The van der Waals surface area contributed by atoms with Crippen molar-refractivity contribution in [2.24, 2.45) is 0 Å². The summed E-state index contributed by atoms with van der Waals surface area (Å²) >= 11 is -2.21. The van der Waals surface area contributed by atoms with E-state index in [2.05, 4.69) is 57.5 Å². The van der Waals surface area contributed by atoms with E-state index in [1.807, 2.05) is 34.8 Å². The molecule has 1 saturated heterocycles. The van der Waals surface area contributed by atoms with Crippen LogP contribution in [0.15, 0.2) is 66.9 Å². The summed E-state index contributed by atoms with van der Waals surface area (Å²) in [7, 11) is 3.73. The predicted molar refractivity (Wildman–Crippen MR) is 143 cm³/mol. The first-order valence-electron chi connectivity index (χ1n) is 12.0. The van der Waals surface area contributed by atoms with Crippen molar-refractivity contribution in [3.63, 3.8) is 0 Å². The first-order valence-corrected chi connectivity index (χ1v) is 13.0. The quantitative estimate of drug-likeness (QED) is 0.369. The van der Waals surface area contributed by atoms with Crippen molar-refractivity contribution in [2.75, 3.05) is 57.0 Å². The maximum atomic E-state index is 11.1. The van der Waals surface area contributed by atoms with Gasteiger partial charge in [-0.15, -0.1) is 5.10 Å². The van der Waals surface area contributed by atoms with Gasteiger partial charge in [-0.1, -0.05) is 18.2 Å². The minimum absolute atomic E-state index is 0.429. The zero-order chi connectivity index (χ0) is 25.1. The number of piperazine rings is 1. The SMILES string of the molecule is CN1CCN(c2ccc(Nc3ncc4ccc(-c5cccc(CCN(C)S(=O)[O-])c5)n4n3)cc2)CC1. The van der Waals surface area contributed by atoms with E-state index in [-0.39, 0.29) is 0 Å². The van der Waals surface area contributed by atoms with Crippen LogP contribution in [0.25, 0.3) is 16.8 Å². The second-order valence-electron chi connectivity index (χ2n) is 9.12. The van der Waals surface area contributed by atoms with E-state index in [1.54, 1.807) is 13.2 Å². The molecular formula is C26H30N7O2S-. The molecule has 3 heterocycles. The van der Waals surface area contributed by atoms with Crippen molar-refractivity contribution >= 4 is 34.1 Å². The highest BCUT2D eigenvalue weighted by molar-refractivity contribution is 7.76. The third kappa shape index (κ3) is 5.57. The molecule has 2 aromatic heterocycles. The van der Waals surface area contributed by atoms with Gasteiger partial charge < -0.3 is 19.7 Å². The Kier molecular flexibility index (Phi) is 7.28. The van der Waals surface area contributed by atoms with Gasteiger partial charge in [-0.05, 0) is 68.5 Å². The molecule has 0 radical (unpaired) electrons. The van der Waals surface area contributed by atoms with Crippen LogP contribution in [0.1, 0.15) is 5.56 Å². The van der Waals surface area contributed by atoms with E-state index in [0.29, 0.717) is 18.9 Å². The van der Waals surface area contributed by atoms with E-state index >= 15 is 0 Å². The molecule has 2 aromatic carbocycles. The number of benzene rings is 2. The van der Waals surface area contributed by atoms with Gasteiger partial charge >= 0.3 is 0 Å². The van der Waals surface area contributed by atoms with Gasteiger partial charge in [0.25, 0.3) is 0 Å². The molecule has 1 fully saturated rings. The summed E-state index contributed by atoms with van der Waals surface area (Å²) < 4.78 is 25.3. The smallest absolute Gasteiger partial charge is 0.245 e. The standard InChI is InChI=1S/C26H31N7O2S/c1-30-14-16-32(17-15-30)23-8-6-22(7-9-23)28-26-27-19-24-10-11-25(33(24)29-26)21-5-3-4-20(18-21)12-13-31(2)36(34)35/h3-11,18-19H,12-17H2,1-2H3,(H,28,29)(H,34,35)/p-1. The molecule has 0 amide bonds. The minimum Gasteiger partial charge on any atom is -0.760 e. The zero-order valence-corrected chi connectivity index (χ0v) is 21.3. The summed E-state index contributed by atoms with van der Waals surface area (Å²) in [5, 5.41) is 8.07. The molecule has 1 N–H and O–H groups in total. The monoisotopic (exact) mass is 504 g/mol. The second kappa shape index (κ2) is 10.8. The minimum atomic E-state index is -2.21. The number of nitrogens with one attached hydrogen (secondary N) is 1. The average molecular weight is 505 g/mol. The Hall–Kier alpha value is -3.31. The molecule has 10 heteroatoms. The Balaban J connectivity index is 1.32. The van der Waals surface area contributed by atoms with Crippen molar-refractivity contribution in [2.45, 2.75) is 6.42 Å². The van der Waals surface area contributed by atoms with E-state index in [0.717, 1.165) is 54.2 Å². The topological polar surface area (TPSA) is 92.1 Å². The summed E-state index contributed by atoms with van der Waals surface area (Å²) in [6, 6.07) is 20.5. The third-order valence-electron chi connectivity index (χ3n) is 6.58. The highest BCUT2D eigenvalue weighted by Crippen LogP contribution is 2.25. The summed E-state index contributed by atoms with van der Waals surface area (Å²) in [6.07, 6.45) is 2.44. The van der Waals surface area contributed by atoms with Crippen LogP contribution in [0.2, 0.25) is 0 Å². The van der Waals surface area contributed by atoms with Crippen molar-refractivity contribution in [1.29, 1.82) is 0 Å². The van der Waals surface area contributed by atoms with Crippen molar-refractivity contribution in [3.8, 4) is 11.3 Å². The van der Waals surface area contributed by atoms with Gasteiger partial charge in [0.15, 0.2) is 0 Å². The lowest BCUT2D eigenvalue weighted by molar-refractivity contribution is 0.313. The molecule has 0 saturated carbocycles. The van der Waals surface area contributed by atoms with Gasteiger partial charge in [0.2, 0.25) is 5.95 Å². The van der Waals surface area contributed by atoms with Crippen LogP contribution in [0.5, 0.6) is 0 Å². The third-order valence-corrected chi connectivity index (χ3v) is 7.27. The first kappa shape index (κ1) is 24.4. The van der Waals surface area contributed by atoms with Crippen LogP contribution >= 0.6 is 0 Å². The highest BCUT2D eigenvalue weighted by atomic mass is 32.2. The largest absolute Gasteiger partial charge is 0.760 e. The Morgan fingerprint density at radius 2 is 1.83 bits per heavy atom. The summed E-state index contributed by atoms with van der Waals surface area (Å²) in [6.45, 7) is 4.66. The number of rotatable bonds is 8. The number of hydrogen-bond acceptors (Lipinski definition) is 7. The number of nitrogens with zero attached hydrogens (tertiary/aromatic N) is 6. The predicted octanol–water partition coefficient (Wildman–Crippen LogP) is 3.16. The van der Waals surface area contributed by atoms with E-state index < -0.39 is 11.3 Å². The average Bonchev–Trinajstić information content (AvgIpc) is 3.32. The fourth-order valence-corrected chi connectivity index (χ4v) is 4.61. The first-order chi connectivity index (χ1) is 17.5. The normalized spacial score (nSPS) is 15.5. The van der Waals surface area contributed by atoms with Crippen molar-refractivity contribution in [1.82, 2.24) is 23.8 Å². The van der Waals surface area contributed by atoms with Gasteiger partial charge in [-0.25, -0.2) is 13.8 Å². The lowest BCUT2D eigenvalue weighted by Crippen LogP contribution is -2.44. The molecule has 0 aliphatic carbocycles. The van der Waals surface area contributed by atoms with Gasteiger partial charge in [-0.3, -0.25) is 4.21 Å². The molecule has 0 spiro atoms. The van der Waals surface area contributed by atoms with Crippen LogP contribution < -0.4 is 10.2 Å². The Morgan fingerprint density at radius 3 is 2.58 bits per heavy atom. The second-order valence-corrected chi connectivity index (χ2v) is 10.2. The summed E-state index contributed by atoms with van der Waals surface area (Å²) in [5.74, 6) is 0.517. The molecule has 9 nitrogen and oxygen atoms in total. The van der Waals surface area contributed by atoms with Crippen molar-refractivity contribution < 1.29 is 8.76 Å². The number of aromatic nitrogens is 3. The van der Waals surface area contributed by atoms with Gasteiger partial charge in [-0.2, -0.15) is 0 Å². The van der Waals surface area contributed by atoms with Crippen LogP contribution in [0.4, 0.5) is 17.3 Å². The maximum Gasteiger partial charge on any atom is 0.245 e. The highest BCUT2D eigenvalue weighted by Gasteiger charge is 2.14. The van der Waals surface area contributed by atoms with Gasteiger partial charge in [0.05, 0.1) is 17.4 Å². The molecule has 1 atom stereocenters. The molecule has 188 valence electrons. The van der Waals surface area contributed by atoms with Crippen LogP contribution in [0.3, 0.4) is 0 Å². The zero-order valence-electron chi connectivity index (χ0n) is 20.5. The molecule has 4 aromatic rings. The summed E-state index contributed by atoms with van der Waals surface area (Å²) in [5.41, 5.74) is 6.08.